The van der Waals surface area contributed by atoms with Gasteiger partial charge in [0.15, 0.2) is 0 Å². The summed E-state index contributed by atoms with van der Waals surface area (Å²) in [6.07, 6.45) is 4.08. The zero-order valence-corrected chi connectivity index (χ0v) is 10.2. The van der Waals surface area contributed by atoms with E-state index in [0.29, 0.717) is 5.92 Å². The van der Waals surface area contributed by atoms with Crippen molar-refractivity contribution in [2.24, 2.45) is 0 Å². The lowest BCUT2D eigenvalue weighted by Gasteiger charge is -2.28. The van der Waals surface area contributed by atoms with Gasteiger partial charge in [-0.25, -0.2) is 0 Å². The minimum absolute atomic E-state index is 0.511. The predicted octanol–water partition coefficient (Wildman–Crippen LogP) is 2.94. The van der Waals surface area contributed by atoms with E-state index in [1.165, 1.54) is 24.8 Å². The molecule has 0 amide bonds. The summed E-state index contributed by atoms with van der Waals surface area (Å²) in [6.45, 7) is 3.30. The average Bonchev–Trinajstić information content (AvgIpc) is 2.26. The first kappa shape index (κ1) is 11.5. The van der Waals surface area contributed by atoms with Gasteiger partial charge < -0.3 is 10.1 Å². The first-order valence-electron chi connectivity index (χ1n) is 6.17. The summed E-state index contributed by atoms with van der Waals surface area (Å²) in [4.78, 5) is 0. The van der Waals surface area contributed by atoms with Crippen LogP contribution in [-0.4, -0.2) is 19.7 Å². The van der Waals surface area contributed by atoms with E-state index >= 15 is 0 Å². The van der Waals surface area contributed by atoms with Crippen LogP contribution in [0.25, 0.3) is 0 Å². The van der Waals surface area contributed by atoms with Crippen LogP contribution in [0.5, 0.6) is 5.75 Å². The number of ether oxygens (including phenoxy) is 1. The highest BCUT2D eigenvalue weighted by Gasteiger charge is 2.18. The number of para-hydroxylation sites is 1. The zero-order valence-electron chi connectivity index (χ0n) is 10.2. The lowest BCUT2D eigenvalue weighted by Crippen LogP contribution is -2.37. The van der Waals surface area contributed by atoms with Crippen molar-refractivity contribution in [3.8, 4) is 5.75 Å². The fourth-order valence-corrected chi connectivity index (χ4v) is 2.14. The first-order valence-corrected chi connectivity index (χ1v) is 6.17. The van der Waals surface area contributed by atoms with Gasteiger partial charge in [0, 0.05) is 12.6 Å². The van der Waals surface area contributed by atoms with Crippen molar-refractivity contribution >= 4 is 0 Å². The van der Waals surface area contributed by atoms with E-state index in [-0.39, 0.29) is 0 Å². The second kappa shape index (κ2) is 5.35. The van der Waals surface area contributed by atoms with Crippen molar-refractivity contribution in [2.75, 3.05) is 13.7 Å². The fourth-order valence-electron chi connectivity index (χ4n) is 2.14. The van der Waals surface area contributed by atoms with E-state index in [2.05, 4.69) is 24.4 Å². The molecule has 0 saturated heterocycles. The van der Waals surface area contributed by atoms with Crippen LogP contribution in [0, 0.1) is 0 Å². The van der Waals surface area contributed by atoms with Crippen LogP contribution in [0.15, 0.2) is 24.3 Å². The van der Waals surface area contributed by atoms with Crippen LogP contribution in [0.3, 0.4) is 0 Å². The third-order valence-electron chi connectivity index (χ3n) is 3.49. The number of benzene rings is 1. The average molecular weight is 219 g/mol. The Morgan fingerprint density at radius 2 is 2.12 bits per heavy atom. The second-order valence-corrected chi connectivity index (χ2v) is 4.68. The highest BCUT2D eigenvalue weighted by Crippen LogP contribution is 2.26. The Morgan fingerprint density at radius 3 is 2.75 bits per heavy atom. The standard InChI is InChI=1S/C14H21NO/c1-11(10-15-12-6-5-7-12)13-8-3-4-9-14(13)16-2/h3-4,8-9,11-12,15H,5-7,10H2,1-2H3. The second-order valence-electron chi connectivity index (χ2n) is 4.68. The highest BCUT2D eigenvalue weighted by molar-refractivity contribution is 5.36. The summed E-state index contributed by atoms with van der Waals surface area (Å²) in [6, 6.07) is 9.06. The minimum Gasteiger partial charge on any atom is -0.496 e. The quantitative estimate of drug-likeness (QED) is 0.822. The van der Waals surface area contributed by atoms with Crippen LogP contribution >= 0.6 is 0 Å². The van der Waals surface area contributed by atoms with E-state index in [1.54, 1.807) is 7.11 Å². The number of hydrogen-bond acceptors (Lipinski definition) is 2. The Balaban J connectivity index is 1.93. The van der Waals surface area contributed by atoms with E-state index in [0.717, 1.165) is 18.3 Å². The van der Waals surface area contributed by atoms with Gasteiger partial charge in [-0.3, -0.25) is 0 Å². The predicted molar refractivity (Wildman–Crippen MR) is 67.1 cm³/mol. The zero-order chi connectivity index (χ0) is 11.4. The normalized spacial score (nSPS) is 17.9. The van der Waals surface area contributed by atoms with Gasteiger partial charge in [0.05, 0.1) is 7.11 Å². The Kier molecular flexibility index (Phi) is 3.83. The SMILES string of the molecule is COc1ccccc1C(C)CNC1CCC1. The summed E-state index contributed by atoms with van der Waals surface area (Å²) in [7, 11) is 1.74. The van der Waals surface area contributed by atoms with Crippen LogP contribution in [-0.2, 0) is 0 Å². The molecule has 2 heteroatoms. The van der Waals surface area contributed by atoms with E-state index in [1.807, 2.05) is 12.1 Å². The van der Waals surface area contributed by atoms with E-state index in [4.69, 9.17) is 4.74 Å². The Hall–Kier alpha value is -1.02. The highest BCUT2D eigenvalue weighted by atomic mass is 16.5. The molecule has 0 radical (unpaired) electrons. The Labute approximate surface area is 98.0 Å². The van der Waals surface area contributed by atoms with Crippen molar-refractivity contribution < 1.29 is 4.74 Å². The Bertz CT molecular complexity index is 333. The summed E-state index contributed by atoms with van der Waals surface area (Å²) < 4.78 is 5.39. The van der Waals surface area contributed by atoms with Crippen LogP contribution < -0.4 is 10.1 Å². The van der Waals surface area contributed by atoms with Gasteiger partial charge in [0.25, 0.3) is 0 Å². The molecule has 2 nitrogen and oxygen atoms in total. The van der Waals surface area contributed by atoms with Gasteiger partial charge in [-0.15, -0.1) is 0 Å². The van der Waals surface area contributed by atoms with Crippen LogP contribution in [0.2, 0.25) is 0 Å². The molecule has 1 N–H and O–H groups in total. The molecular weight excluding hydrogens is 198 g/mol. The first-order chi connectivity index (χ1) is 7.81. The van der Waals surface area contributed by atoms with Gasteiger partial charge >= 0.3 is 0 Å². The molecule has 1 aliphatic rings. The molecule has 1 saturated carbocycles. The molecule has 88 valence electrons. The monoisotopic (exact) mass is 219 g/mol. The van der Waals surface area contributed by atoms with Gasteiger partial charge in [-0.1, -0.05) is 31.5 Å². The molecule has 1 aromatic rings. The van der Waals surface area contributed by atoms with Gasteiger partial charge in [-0.05, 0) is 30.4 Å². The summed E-state index contributed by atoms with van der Waals surface area (Å²) in [5.74, 6) is 1.52. The topological polar surface area (TPSA) is 21.3 Å². The summed E-state index contributed by atoms with van der Waals surface area (Å²) >= 11 is 0. The van der Waals surface area contributed by atoms with Crippen LogP contribution in [0.1, 0.15) is 37.7 Å². The van der Waals surface area contributed by atoms with Crippen molar-refractivity contribution in [3.63, 3.8) is 0 Å². The maximum atomic E-state index is 5.39. The van der Waals surface area contributed by atoms with Crippen molar-refractivity contribution in [1.82, 2.24) is 5.32 Å². The third-order valence-corrected chi connectivity index (χ3v) is 3.49. The minimum atomic E-state index is 0.511. The van der Waals surface area contributed by atoms with Crippen molar-refractivity contribution in [3.05, 3.63) is 29.8 Å². The molecule has 1 atom stereocenters. The molecule has 0 aliphatic heterocycles. The van der Waals surface area contributed by atoms with Gasteiger partial charge in [0.1, 0.15) is 5.75 Å². The number of rotatable bonds is 5. The van der Waals surface area contributed by atoms with Gasteiger partial charge in [-0.2, -0.15) is 0 Å². The smallest absolute Gasteiger partial charge is 0.122 e. The largest absolute Gasteiger partial charge is 0.496 e. The summed E-state index contributed by atoms with van der Waals surface area (Å²) in [5, 5.41) is 3.61. The molecule has 1 aliphatic carbocycles. The fraction of sp³-hybridized carbons (Fsp3) is 0.571. The van der Waals surface area contributed by atoms with Crippen molar-refractivity contribution in [1.29, 1.82) is 0 Å². The van der Waals surface area contributed by atoms with Gasteiger partial charge in [0.2, 0.25) is 0 Å². The molecule has 1 fully saturated rings. The molecule has 1 unspecified atom stereocenters. The Morgan fingerprint density at radius 1 is 1.38 bits per heavy atom. The maximum absolute atomic E-state index is 5.39. The third kappa shape index (κ3) is 2.56. The number of methoxy groups -OCH3 is 1. The molecule has 0 spiro atoms. The van der Waals surface area contributed by atoms with Crippen molar-refractivity contribution in [2.45, 2.75) is 38.1 Å². The van der Waals surface area contributed by atoms with E-state index in [9.17, 15) is 0 Å². The maximum Gasteiger partial charge on any atom is 0.122 e. The molecule has 0 heterocycles. The number of hydrogen-bond donors (Lipinski definition) is 1. The summed E-state index contributed by atoms with van der Waals surface area (Å²) in [5.41, 5.74) is 1.30. The van der Waals surface area contributed by atoms with E-state index < -0.39 is 0 Å². The lowest BCUT2D eigenvalue weighted by atomic mass is 9.92. The number of nitrogens with one attached hydrogen (secondary N) is 1. The molecule has 0 aromatic heterocycles. The molecule has 1 aromatic carbocycles. The lowest BCUT2D eigenvalue weighted by molar-refractivity contribution is 0.332. The molecule has 0 bridgehead atoms. The molecular formula is C14H21NO. The van der Waals surface area contributed by atoms with Crippen LogP contribution in [0.4, 0.5) is 0 Å². The molecule has 16 heavy (non-hydrogen) atoms. The molecule has 2 rings (SSSR count).